The van der Waals surface area contributed by atoms with Crippen molar-refractivity contribution >= 4 is 13.3 Å². The third-order valence-corrected chi connectivity index (χ3v) is 1.69. The molecule has 0 heterocycles. The Kier molecular flexibility index (Phi) is 4.50. The molecule has 0 bridgehead atoms. The second kappa shape index (κ2) is 4.59. The average Bonchev–Trinajstić information content (AvgIpc) is 1.90. The summed E-state index contributed by atoms with van der Waals surface area (Å²) in [6.07, 6.45) is 0. The van der Waals surface area contributed by atoms with E-state index in [9.17, 15) is 9.46 Å². The Labute approximate surface area is 70.6 Å². The standard InChI is InChI=1S/C6H5O2P.Cu/c7-9(8)6-4-2-1-3-5-6;/h1-5H;/q;+1. The first-order valence-corrected chi connectivity index (χ1v) is 3.68. The van der Waals surface area contributed by atoms with Crippen molar-refractivity contribution in [2.45, 2.75) is 0 Å². The molecule has 1 unspecified atom stereocenters. The zero-order valence-corrected chi connectivity index (χ0v) is 6.79. The van der Waals surface area contributed by atoms with Gasteiger partial charge in [0, 0.05) is 0 Å². The Morgan fingerprint density at radius 3 is 2.00 bits per heavy atom. The molecule has 0 aliphatic carbocycles. The maximum absolute atomic E-state index is 10.2. The SMILES string of the molecule is O=[P+]([O-])c1ccccc1.[Cu+]. The second-order valence-corrected chi connectivity index (χ2v) is 2.62. The van der Waals surface area contributed by atoms with E-state index < -0.39 is 8.03 Å². The van der Waals surface area contributed by atoms with Gasteiger partial charge in [-0.2, -0.15) is 0 Å². The number of hydrogen-bond acceptors (Lipinski definition) is 2. The van der Waals surface area contributed by atoms with Crippen LogP contribution in [0, 0.1) is 0 Å². The molecule has 0 saturated heterocycles. The van der Waals surface area contributed by atoms with Crippen molar-refractivity contribution in [2.75, 3.05) is 0 Å². The van der Waals surface area contributed by atoms with Crippen LogP contribution in [0.25, 0.3) is 0 Å². The van der Waals surface area contributed by atoms with Gasteiger partial charge in [0.05, 0.1) is 0 Å². The third-order valence-electron chi connectivity index (χ3n) is 0.967. The molecule has 0 amide bonds. The topological polar surface area (TPSA) is 40.1 Å². The molecule has 2 nitrogen and oxygen atoms in total. The molecule has 0 radical (unpaired) electrons. The van der Waals surface area contributed by atoms with Gasteiger partial charge < -0.3 is 4.89 Å². The molecule has 1 aromatic rings. The maximum Gasteiger partial charge on any atom is 1.00 e. The predicted octanol–water partition coefficient (Wildman–Crippen LogP) is 0.412. The zero-order valence-electron chi connectivity index (χ0n) is 4.95. The van der Waals surface area contributed by atoms with E-state index >= 15 is 0 Å². The van der Waals surface area contributed by atoms with E-state index in [-0.39, 0.29) is 17.1 Å². The quantitative estimate of drug-likeness (QED) is 0.490. The van der Waals surface area contributed by atoms with Crippen molar-refractivity contribution in [3.05, 3.63) is 30.3 Å². The number of benzene rings is 1. The minimum Gasteiger partial charge on any atom is -0.591 e. The Balaban J connectivity index is 0.000000810. The van der Waals surface area contributed by atoms with Crippen LogP contribution < -0.4 is 10.2 Å². The minimum atomic E-state index is -2.40. The Morgan fingerprint density at radius 2 is 1.70 bits per heavy atom. The smallest absolute Gasteiger partial charge is 0.591 e. The summed E-state index contributed by atoms with van der Waals surface area (Å²) in [6, 6.07) is 8.29. The zero-order chi connectivity index (χ0) is 6.69. The fourth-order valence-electron chi connectivity index (χ4n) is 0.550. The molecular formula is C6H5CuO2P+. The van der Waals surface area contributed by atoms with Gasteiger partial charge in [0.25, 0.3) is 0 Å². The van der Waals surface area contributed by atoms with Gasteiger partial charge >= 0.3 is 25.1 Å². The summed E-state index contributed by atoms with van der Waals surface area (Å²) in [4.78, 5) is 10.2. The first-order chi connectivity index (χ1) is 4.30. The molecule has 0 aromatic heterocycles. The Bertz CT molecular complexity index is 212. The monoisotopic (exact) mass is 203 g/mol. The number of hydrogen-bond donors (Lipinski definition) is 0. The summed E-state index contributed by atoms with van der Waals surface area (Å²) in [5.74, 6) is 0. The van der Waals surface area contributed by atoms with Crippen LogP contribution in [0.15, 0.2) is 30.3 Å². The predicted molar refractivity (Wildman–Crippen MR) is 33.7 cm³/mol. The molecule has 1 rings (SSSR count). The van der Waals surface area contributed by atoms with E-state index in [0.717, 1.165) is 0 Å². The molecule has 1 aromatic carbocycles. The van der Waals surface area contributed by atoms with Gasteiger partial charge in [-0.3, -0.25) is 0 Å². The molecular weight excluding hydrogens is 199 g/mol. The van der Waals surface area contributed by atoms with Gasteiger partial charge in [-0.1, -0.05) is 22.8 Å². The van der Waals surface area contributed by atoms with E-state index in [0.29, 0.717) is 5.30 Å². The second-order valence-electron chi connectivity index (χ2n) is 1.59. The Morgan fingerprint density at radius 1 is 1.20 bits per heavy atom. The maximum atomic E-state index is 10.2. The van der Waals surface area contributed by atoms with Crippen molar-refractivity contribution in [3.63, 3.8) is 0 Å². The van der Waals surface area contributed by atoms with Crippen molar-refractivity contribution in [2.24, 2.45) is 0 Å². The minimum absolute atomic E-state index is 0. The van der Waals surface area contributed by atoms with Crippen LogP contribution in [-0.4, -0.2) is 0 Å². The Hall–Kier alpha value is -0.201. The van der Waals surface area contributed by atoms with Crippen molar-refractivity contribution in [1.82, 2.24) is 0 Å². The average molecular weight is 204 g/mol. The molecule has 4 heteroatoms. The van der Waals surface area contributed by atoms with Crippen LogP contribution in [0.2, 0.25) is 0 Å². The van der Waals surface area contributed by atoms with Gasteiger partial charge in [-0.15, -0.1) is 0 Å². The van der Waals surface area contributed by atoms with Crippen molar-refractivity contribution in [1.29, 1.82) is 0 Å². The molecule has 0 N–H and O–H groups in total. The van der Waals surface area contributed by atoms with Gasteiger partial charge in [0.2, 0.25) is 0 Å². The molecule has 0 aliphatic heterocycles. The van der Waals surface area contributed by atoms with Gasteiger partial charge in [-0.25, -0.2) is 0 Å². The van der Waals surface area contributed by atoms with E-state index in [4.69, 9.17) is 0 Å². The van der Waals surface area contributed by atoms with Crippen LogP contribution in [0.5, 0.6) is 0 Å². The van der Waals surface area contributed by atoms with E-state index in [1.54, 1.807) is 30.3 Å². The molecule has 0 fully saturated rings. The van der Waals surface area contributed by atoms with E-state index in [1.165, 1.54) is 0 Å². The van der Waals surface area contributed by atoms with Crippen molar-refractivity contribution < 1.29 is 26.5 Å². The number of rotatable bonds is 1. The third kappa shape index (κ3) is 2.59. The van der Waals surface area contributed by atoms with E-state index in [1.807, 2.05) is 0 Å². The summed E-state index contributed by atoms with van der Waals surface area (Å²) < 4.78 is 10.2. The fraction of sp³-hybridized carbons (Fsp3) is 0. The molecule has 0 saturated carbocycles. The van der Waals surface area contributed by atoms with Crippen LogP contribution in [-0.2, 0) is 21.6 Å². The van der Waals surface area contributed by atoms with Crippen LogP contribution in [0.4, 0.5) is 0 Å². The molecule has 10 heavy (non-hydrogen) atoms. The van der Waals surface area contributed by atoms with Gasteiger partial charge in [-0.05, 0) is 12.1 Å². The summed E-state index contributed by atoms with van der Waals surface area (Å²) in [5, 5.41) is 0.368. The summed E-state index contributed by atoms with van der Waals surface area (Å²) in [6.45, 7) is 0. The summed E-state index contributed by atoms with van der Waals surface area (Å²) in [7, 11) is -2.40. The molecule has 0 spiro atoms. The van der Waals surface area contributed by atoms with Crippen LogP contribution >= 0.6 is 8.03 Å². The molecule has 0 aliphatic rings. The van der Waals surface area contributed by atoms with Crippen LogP contribution in [0.1, 0.15) is 0 Å². The van der Waals surface area contributed by atoms with Crippen molar-refractivity contribution in [3.8, 4) is 0 Å². The molecule has 56 valence electrons. The largest absolute Gasteiger partial charge is 1.00 e. The van der Waals surface area contributed by atoms with Crippen LogP contribution in [0.3, 0.4) is 0 Å². The van der Waals surface area contributed by atoms with Gasteiger partial charge in [0.15, 0.2) is 5.30 Å². The normalized spacial score (nSPS) is 9.90. The fourth-order valence-corrected chi connectivity index (χ4v) is 0.965. The first-order valence-electron chi connectivity index (χ1n) is 2.50. The molecule has 1 atom stereocenters. The van der Waals surface area contributed by atoms with E-state index in [2.05, 4.69) is 0 Å². The van der Waals surface area contributed by atoms with Gasteiger partial charge in [0.1, 0.15) is 0 Å². The first kappa shape index (κ1) is 9.80. The summed E-state index contributed by atoms with van der Waals surface area (Å²) >= 11 is 0. The summed E-state index contributed by atoms with van der Waals surface area (Å²) in [5.41, 5.74) is 0.